The van der Waals surface area contributed by atoms with Gasteiger partial charge in [0.05, 0.1) is 27.7 Å². The molecule has 0 aliphatic rings. The quantitative estimate of drug-likeness (QED) is 0.315. The molecule has 0 saturated heterocycles. The van der Waals surface area contributed by atoms with E-state index in [1.165, 1.54) is 0 Å². The van der Waals surface area contributed by atoms with Crippen LogP contribution in [0, 0.1) is 11.8 Å². The number of ketones is 2. The minimum atomic E-state index is 0. The predicted octanol–water partition coefficient (Wildman–Crippen LogP) is 1.06. The number of Topliss-reactive ketones (excluding diaryl/α,β-unsaturated/α-hetero) is 2. The van der Waals surface area contributed by atoms with E-state index in [0.29, 0.717) is 18.0 Å². The third-order valence-electron chi connectivity index (χ3n) is 3.38. The molecule has 178 valence electrons. The van der Waals surface area contributed by atoms with E-state index in [-0.39, 0.29) is 24.2 Å². The average Bonchev–Trinajstić information content (AvgIpc) is 2.57. The van der Waals surface area contributed by atoms with Crippen molar-refractivity contribution < 1.29 is 31.6 Å². The number of allylic oxidation sites excluding steroid dienone is 1. The average molecular weight is 439 g/mol. The van der Waals surface area contributed by atoms with Crippen molar-refractivity contribution in [2.24, 2.45) is 11.8 Å². The fourth-order valence-corrected chi connectivity index (χ4v) is 1.71. The lowest BCUT2D eigenvalue weighted by molar-refractivity contribution is -0.870. The zero-order valence-corrected chi connectivity index (χ0v) is 22.0. The summed E-state index contributed by atoms with van der Waals surface area (Å²) in [4.78, 5) is 24.1. The van der Waals surface area contributed by atoms with Crippen LogP contribution in [0.1, 0.15) is 59.8 Å². The van der Waals surface area contributed by atoms with Gasteiger partial charge in [0.15, 0.2) is 0 Å². The lowest BCUT2D eigenvalue weighted by atomic mass is 10.0. The minimum Gasteiger partial charge on any atom is -1.00 e. The van der Waals surface area contributed by atoms with E-state index in [2.05, 4.69) is 27.7 Å². The van der Waals surface area contributed by atoms with Crippen LogP contribution in [-0.4, -0.2) is 82.0 Å². The van der Waals surface area contributed by atoms with Gasteiger partial charge in [-0.1, -0.05) is 33.8 Å². The first-order valence-corrected chi connectivity index (χ1v) is 10.3. The summed E-state index contributed by atoms with van der Waals surface area (Å²) in [5.41, 5.74) is 0. The molecule has 0 rings (SSSR count). The van der Waals surface area contributed by atoms with Crippen LogP contribution in [0.4, 0.5) is 0 Å². The van der Waals surface area contributed by atoms with E-state index < -0.39 is 0 Å². The largest absolute Gasteiger partial charge is 1.00 e. The van der Waals surface area contributed by atoms with Crippen LogP contribution in [0.25, 0.3) is 0 Å². The van der Waals surface area contributed by atoms with Crippen molar-refractivity contribution in [3.63, 3.8) is 0 Å². The van der Waals surface area contributed by atoms with Gasteiger partial charge in [-0.25, -0.2) is 0 Å². The number of carbonyl (C=O) groups excluding carboxylic acids is 2. The molecule has 0 radical (unpaired) electrons. The smallest absolute Gasteiger partial charge is 0.135 e. The van der Waals surface area contributed by atoms with Crippen molar-refractivity contribution in [1.29, 1.82) is 0 Å². The summed E-state index contributed by atoms with van der Waals surface area (Å²) in [6.45, 7) is 12.5. The number of quaternary nitrogens is 1. The maximum atomic E-state index is 11.3. The monoisotopic (exact) mass is 438 g/mol. The van der Waals surface area contributed by atoms with E-state index in [9.17, 15) is 9.59 Å². The number of hydrogen-bond donors (Lipinski definition) is 1. The number of hydrogen-bond acceptors (Lipinski definition) is 4. The van der Waals surface area contributed by atoms with E-state index in [1.54, 1.807) is 6.08 Å². The van der Waals surface area contributed by atoms with Gasteiger partial charge in [-0.15, -0.1) is 6.58 Å². The highest BCUT2D eigenvalue weighted by molar-refractivity contribution is 5.80. The van der Waals surface area contributed by atoms with Crippen molar-refractivity contribution in [2.75, 3.05) is 55.9 Å². The molecule has 5 nitrogen and oxygen atoms in total. The lowest BCUT2D eigenvalue weighted by Crippen LogP contribution is -3.00. The zero-order valence-electron chi connectivity index (χ0n) is 21.2. The summed E-state index contributed by atoms with van der Waals surface area (Å²) in [6, 6.07) is 0. The molecule has 0 heterocycles. The highest BCUT2D eigenvalue weighted by atomic mass is 35.5. The molecule has 0 aliphatic heterocycles. The molecule has 0 aromatic carbocycles. The van der Waals surface area contributed by atoms with Crippen LogP contribution in [0.3, 0.4) is 0 Å². The molecule has 0 fully saturated rings. The minimum absolute atomic E-state index is 0. The molecule has 0 aromatic rings. The van der Waals surface area contributed by atoms with Gasteiger partial charge in [-0.05, 0) is 40.4 Å². The second-order valence-corrected chi connectivity index (χ2v) is 8.88. The maximum Gasteiger partial charge on any atom is 0.135 e. The molecule has 1 N–H and O–H groups in total. The van der Waals surface area contributed by atoms with Crippen LogP contribution in [0.15, 0.2) is 12.7 Å². The summed E-state index contributed by atoms with van der Waals surface area (Å²) in [7, 11) is 13.6. The summed E-state index contributed by atoms with van der Waals surface area (Å²) >= 11 is 0. The van der Waals surface area contributed by atoms with Gasteiger partial charge in [0, 0.05) is 31.8 Å². The standard InChI is InChI=1S/C11H24NO.C8H14O.C3H9N.CH4O.ClH/c1-10(2)11(13)8-6-7-9-12(3,4)5;1-4-5-6-8(9)7(2)3;1-4(2)3;1-2;/h10H,6-9H2,1-5H3;4,7H,1,5-6H2,2-3H3;1-3H3;2H,1H3;1H/q+1;;;;/p-1. The zero-order chi connectivity index (χ0) is 23.3. The number of halogens is 1. The van der Waals surface area contributed by atoms with Gasteiger partial charge in [0.1, 0.15) is 11.6 Å². The Balaban J connectivity index is -0.000000105. The molecule has 0 aliphatic carbocycles. The van der Waals surface area contributed by atoms with Gasteiger partial charge in [-0.2, -0.15) is 0 Å². The Morgan fingerprint density at radius 1 is 0.897 bits per heavy atom. The summed E-state index contributed by atoms with van der Waals surface area (Å²) in [5.74, 6) is 1.13. The molecule has 0 saturated carbocycles. The first kappa shape index (κ1) is 38.8. The van der Waals surface area contributed by atoms with Gasteiger partial charge in [0.2, 0.25) is 0 Å². The first-order valence-electron chi connectivity index (χ1n) is 10.3. The Kier molecular flexibility index (Phi) is 33.8. The topological polar surface area (TPSA) is 57.6 Å². The highest BCUT2D eigenvalue weighted by Crippen LogP contribution is 2.05. The molecule has 6 heteroatoms. The van der Waals surface area contributed by atoms with E-state index in [4.69, 9.17) is 5.11 Å². The Morgan fingerprint density at radius 2 is 1.24 bits per heavy atom. The normalized spacial score (nSPS) is 9.90. The molecular formula is C23H51ClN2O3. The van der Waals surface area contributed by atoms with Crippen LogP contribution in [0.2, 0.25) is 0 Å². The number of carbonyl (C=O) groups is 2. The van der Waals surface area contributed by atoms with Crippen molar-refractivity contribution in [2.45, 2.75) is 59.8 Å². The second-order valence-electron chi connectivity index (χ2n) is 8.88. The fraction of sp³-hybridized carbons (Fsp3) is 0.826. The van der Waals surface area contributed by atoms with Gasteiger partial charge in [0.25, 0.3) is 0 Å². The highest BCUT2D eigenvalue weighted by Gasteiger charge is 2.09. The molecular weight excluding hydrogens is 388 g/mol. The van der Waals surface area contributed by atoms with Crippen LogP contribution in [0.5, 0.6) is 0 Å². The van der Waals surface area contributed by atoms with Gasteiger partial charge < -0.3 is 26.9 Å². The van der Waals surface area contributed by atoms with Crippen LogP contribution in [-0.2, 0) is 9.59 Å². The number of unbranched alkanes of at least 4 members (excludes halogenated alkanes) is 1. The number of rotatable bonds is 10. The third-order valence-corrected chi connectivity index (χ3v) is 3.38. The Bertz CT molecular complexity index is 374. The number of aliphatic hydroxyl groups is 1. The molecule has 0 atom stereocenters. The van der Waals surface area contributed by atoms with E-state index in [0.717, 1.165) is 43.8 Å². The summed E-state index contributed by atoms with van der Waals surface area (Å²) in [6.07, 6.45) is 6.21. The molecule has 29 heavy (non-hydrogen) atoms. The molecule has 0 bridgehead atoms. The van der Waals surface area contributed by atoms with E-state index in [1.807, 2.05) is 53.7 Å². The van der Waals surface area contributed by atoms with Crippen LogP contribution >= 0.6 is 0 Å². The molecule has 0 spiro atoms. The maximum absolute atomic E-state index is 11.3. The Labute approximate surface area is 188 Å². The van der Waals surface area contributed by atoms with Crippen LogP contribution < -0.4 is 12.4 Å². The molecule has 0 unspecified atom stereocenters. The fourth-order valence-electron chi connectivity index (χ4n) is 1.71. The molecule has 0 amide bonds. The van der Waals surface area contributed by atoms with Crippen molar-refractivity contribution in [3.05, 3.63) is 12.7 Å². The van der Waals surface area contributed by atoms with Gasteiger partial charge >= 0.3 is 0 Å². The second kappa shape index (κ2) is 25.3. The Morgan fingerprint density at radius 3 is 1.52 bits per heavy atom. The third kappa shape index (κ3) is 46.9. The summed E-state index contributed by atoms with van der Waals surface area (Å²) < 4.78 is 0.996. The van der Waals surface area contributed by atoms with Crippen molar-refractivity contribution >= 4 is 11.6 Å². The number of aliphatic hydroxyl groups excluding tert-OH is 1. The lowest BCUT2D eigenvalue weighted by Gasteiger charge is -2.23. The van der Waals surface area contributed by atoms with Crippen molar-refractivity contribution in [1.82, 2.24) is 4.90 Å². The van der Waals surface area contributed by atoms with Crippen molar-refractivity contribution in [3.8, 4) is 0 Å². The first-order chi connectivity index (χ1) is 12.7. The molecule has 0 aromatic heterocycles. The predicted molar refractivity (Wildman–Crippen MR) is 124 cm³/mol. The van der Waals surface area contributed by atoms with Gasteiger partial charge in [-0.3, -0.25) is 9.59 Å². The number of nitrogens with zero attached hydrogens (tertiary/aromatic N) is 2. The summed E-state index contributed by atoms with van der Waals surface area (Å²) in [5, 5.41) is 7.00. The Hall–Kier alpha value is -0.750. The SMILES string of the molecule is C=CCCC(=O)C(C)C.CC(C)C(=O)CCCC[N+](C)(C)C.CN(C)C.CO.[Cl-]. The van der Waals surface area contributed by atoms with E-state index >= 15 is 0 Å².